The Morgan fingerprint density at radius 1 is 1.27 bits per heavy atom. The van der Waals surface area contributed by atoms with Gasteiger partial charge in [0, 0.05) is 31.1 Å². The van der Waals surface area contributed by atoms with Crippen molar-refractivity contribution in [3.05, 3.63) is 30.1 Å². The van der Waals surface area contributed by atoms with E-state index in [1.807, 2.05) is 18.2 Å². The van der Waals surface area contributed by atoms with E-state index < -0.39 is 5.60 Å². The minimum atomic E-state index is -0.863. The Morgan fingerprint density at radius 3 is 2.73 bits per heavy atom. The van der Waals surface area contributed by atoms with Crippen molar-refractivity contribution in [2.75, 3.05) is 29.5 Å². The van der Waals surface area contributed by atoms with Crippen LogP contribution in [0.15, 0.2) is 24.5 Å². The van der Waals surface area contributed by atoms with E-state index in [1.165, 1.54) is 6.21 Å². The molecule has 0 aliphatic heterocycles. The van der Waals surface area contributed by atoms with Crippen molar-refractivity contribution >= 4 is 40.5 Å². The summed E-state index contributed by atoms with van der Waals surface area (Å²) >= 11 is 0. The smallest absolute Gasteiger partial charge is 0.231 e. The van der Waals surface area contributed by atoms with Crippen LogP contribution < -0.4 is 16.0 Å². The molecule has 0 saturated carbocycles. The van der Waals surface area contributed by atoms with E-state index in [1.54, 1.807) is 27.2 Å². The lowest BCUT2D eigenvalue weighted by atomic mass is 10.1. The first kappa shape index (κ1) is 17.6. The number of aromatic amines is 1. The van der Waals surface area contributed by atoms with Crippen molar-refractivity contribution in [2.24, 2.45) is 0 Å². The second-order valence-electron chi connectivity index (χ2n) is 6.45. The quantitative estimate of drug-likeness (QED) is 0.358. The first-order chi connectivity index (χ1) is 12.4. The number of hydrogen-bond acceptors (Lipinski definition) is 8. The largest absolute Gasteiger partial charge is 0.389 e. The molecule has 0 radical (unpaired) electrons. The summed E-state index contributed by atoms with van der Waals surface area (Å²) in [7, 11) is 1.77. The third kappa shape index (κ3) is 3.72. The molecule has 26 heavy (non-hydrogen) atoms. The second kappa shape index (κ2) is 6.96. The van der Waals surface area contributed by atoms with Crippen LogP contribution >= 0.6 is 0 Å². The third-order valence-corrected chi connectivity index (χ3v) is 3.73. The van der Waals surface area contributed by atoms with E-state index in [2.05, 4.69) is 35.9 Å². The van der Waals surface area contributed by atoms with Gasteiger partial charge in [-0.1, -0.05) is 6.07 Å². The van der Waals surface area contributed by atoms with Gasteiger partial charge in [-0.25, -0.2) is 4.98 Å². The Kier molecular flexibility index (Phi) is 4.72. The molecule has 3 aromatic rings. The number of nitrogens with zero attached hydrogens (tertiary/aromatic N) is 3. The lowest BCUT2D eigenvalue weighted by Crippen LogP contribution is -2.29. The summed E-state index contributed by atoms with van der Waals surface area (Å²) in [6, 6.07) is 5.55. The molecule has 0 atom stereocenters. The van der Waals surface area contributed by atoms with Crippen molar-refractivity contribution < 1.29 is 5.11 Å². The number of anilines is 4. The van der Waals surface area contributed by atoms with Gasteiger partial charge >= 0.3 is 0 Å². The molecule has 0 bridgehead atoms. The third-order valence-electron chi connectivity index (χ3n) is 3.73. The van der Waals surface area contributed by atoms with Crippen LogP contribution in [0.25, 0.3) is 11.2 Å². The van der Waals surface area contributed by atoms with E-state index in [0.29, 0.717) is 35.2 Å². The van der Waals surface area contributed by atoms with Crippen LogP contribution in [0.2, 0.25) is 0 Å². The van der Waals surface area contributed by atoms with Crippen molar-refractivity contribution in [1.29, 1.82) is 5.41 Å². The zero-order valence-corrected chi connectivity index (χ0v) is 14.9. The molecule has 9 nitrogen and oxygen atoms in total. The second-order valence-corrected chi connectivity index (χ2v) is 6.45. The van der Waals surface area contributed by atoms with Gasteiger partial charge in [-0.15, -0.1) is 0 Å². The molecular weight excluding hydrogens is 332 g/mol. The Labute approximate surface area is 150 Å². The van der Waals surface area contributed by atoms with Crippen molar-refractivity contribution in [1.82, 2.24) is 19.9 Å². The summed E-state index contributed by atoms with van der Waals surface area (Å²) in [5.41, 5.74) is 2.47. The Bertz CT molecular complexity index is 928. The minimum Gasteiger partial charge on any atom is -0.389 e. The Hall–Kier alpha value is -3.20. The highest BCUT2D eigenvalue weighted by atomic mass is 16.3. The highest BCUT2D eigenvalue weighted by Gasteiger charge is 2.15. The van der Waals surface area contributed by atoms with E-state index in [9.17, 15) is 5.11 Å². The standard InChI is InChI=1S/C17H22N8O/c1-17(2,26)8-20-11-5-4-6-12(10(11)7-18)23-16-24-14(19-3)13-15(25-16)22-9-21-13/h4-7,9,18,20,26H,8H2,1-3H3,(H3,19,21,22,23,24,25). The molecule has 0 aliphatic carbocycles. The van der Waals surface area contributed by atoms with Crippen LogP contribution in [0.5, 0.6) is 0 Å². The number of aliphatic hydroxyl groups is 1. The molecule has 6 N–H and O–H groups in total. The average molecular weight is 354 g/mol. The highest BCUT2D eigenvalue weighted by Crippen LogP contribution is 2.27. The van der Waals surface area contributed by atoms with E-state index in [4.69, 9.17) is 5.41 Å². The molecule has 3 rings (SSSR count). The maximum atomic E-state index is 9.91. The van der Waals surface area contributed by atoms with Crippen LogP contribution in [0.1, 0.15) is 19.4 Å². The van der Waals surface area contributed by atoms with E-state index in [0.717, 1.165) is 11.2 Å². The fraction of sp³-hybridized carbons (Fsp3) is 0.294. The lowest BCUT2D eigenvalue weighted by molar-refractivity contribution is 0.0945. The van der Waals surface area contributed by atoms with Gasteiger partial charge in [-0.2, -0.15) is 9.97 Å². The van der Waals surface area contributed by atoms with Crippen molar-refractivity contribution in [3.8, 4) is 0 Å². The summed E-state index contributed by atoms with van der Waals surface area (Å²) in [6.45, 7) is 3.80. The van der Waals surface area contributed by atoms with E-state index in [-0.39, 0.29) is 0 Å². The van der Waals surface area contributed by atoms with Crippen LogP contribution in [0, 0.1) is 5.41 Å². The predicted octanol–water partition coefficient (Wildman–Crippen LogP) is 2.32. The fourth-order valence-corrected chi connectivity index (χ4v) is 2.49. The van der Waals surface area contributed by atoms with Gasteiger partial charge in [0.05, 0.1) is 17.6 Å². The van der Waals surface area contributed by atoms with Gasteiger partial charge in [0.15, 0.2) is 11.5 Å². The van der Waals surface area contributed by atoms with Crippen LogP contribution in [0.3, 0.4) is 0 Å². The SMILES string of the molecule is CNc1nc(Nc2cccc(NCC(C)(C)O)c2C=N)nc2nc[nH]c12. The Balaban J connectivity index is 1.93. The molecule has 0 fully saturated rings. The number of imidazole rings is 1. The molecule has 0 spiro atoms. The van der Waals surface area contributed by atoms with Gasteiger partial charge < -0.3 is 31.5 Å². The number of rotatable bonds is 7. The number of fused-ring (bicyclic) bond motifs is 1. The molecule has 0 unspecified atom stereocenters. The van der Waals surface area contributed by atoms with Gasteiger partial charge in [0.2, 0.25) is 5.95 Å². The van der Waals surface area contributed by atoms with Crippen molar-refractivity contribution in [2.45, 2.75) is 19.4 Å². The zero-order valence-electron chi connectivity index (χ0n) is 14.9. The number of benzene rings is 1. The summed E-state index contributed by atoms with van der Waals surface area (Å²) < 4.78 is 0. The highest BCUT2D eigenvalue weighted by molar-refractivity contribution is 5.94. The molecule has 0 amide bonds. The molecule has 0 saturated heterocycles. The molecule has 2 heterocycles. The summed E-state index contributed by atoms with van der Waals surface area (Å²) in [6.07, 6.45) is 2.81. The molecule has 136 valence electrons. The lowest BCUT2D eigenvalue weighted by Gasteiger charge is -2.20. The molecular formula is C17H22N8O. The monoisotopic (exact) mass is 354 g/mol. The first-order valence-corrected chi connectivity index (χ1v) is 8.17. The number of nitrogens with one attached hydrogen (secondary N) is 5. The number of hydrogen-bond donors (Lipinski definition) is 6. The predicted molar refractivity (Wildman–Crippen MR) is 104 cm³/mol. The summed E-state index contributed by atoms with van der Waals surface area (Å²) in [5, 5.41) is 27.0. The maximum Gasteiger partial charge on any atom is 0.231 e. The molecule has 2 aromatic heterocycles. The van der Waals surface area contributed by atoms with Crippen LogP contribution in [-0.2, 0) is 0 Å². The van der Waals surface area contributed by atoms with Gasteiger partial charge in [-0.3, -0.25) is 0 Å². The molecule has 0 aliphatic rings. The van der Waals surface area contributed by atoms with Gasteiger partial charge in [0.1, 0.15) is 5.52 Å². The topological polar surface area (TPSA) is 135 Å². The zero-order chi connectivity index (χ0) is 18.7. The fourth-order valence-electron chi connectivity index (χ4n) is 2.49. The Morgan fingerprint density at radius 2 is 2.04 bits per heavy atom. The van der Waals surface area contributed by atoms with Crippen LogP contribution in [0.4, 0.5) is 23.1 Å². The van der Waals surface area contributed by atoms with E-state index >= 15 is 0 Å². The van der Waals surface area contributed by atoms with Crippen molar-refractivity contribution in [3.63, 3.8) is 0 Å². The van der Waals surface area contributed by atoms with Crippen LogP contribution in [-0.4, -0.2) is 50.5 Å². The number of aromatic nitrogens is 4. The normalized spacial score (nSPS) is 11.4. The first-order valence-electron chi connectivity index (χ1n) is 8.17. The minimum absolute atomic E-state index is 0.358. The van der Waals surface area contributed by atoms with Gasteiger partial charge in [-0.05, 0) is 26.0 Å². The molecule has 9 heteroatoms. The number of H-pyrrole nitrogens is 1. The average Bonchev–Trinajstić information content (AvgIpc) is 3.07. The maximum absolute atomic E-state index is 9.91. The van der Waals surface area contributed by atoms with Gasteiger partial charge in [0.25, 0.3) is 0 Å². The molecule has 1 aromatic carbocycles. The summed E-state index contributed by atoms with van der Waals surface area (Å²) in [5.74, 6) is 0.999. The summed E-state index contributed by atoms with van der Waals surface area (Å²) in [4.78, 5) is 16.0.